The molecule has 0 bridgehead atoms. The molecule has 1 N–H and O–H groups in total. The molecule has 0 unspecified atom stereocenters. The lowest BCUT2D eigenvalue weighted by Gasteiger charge is -2.09. The maximum absolute atomic E-state index is 12.3. The molecule has 0 aliphatic carbocycles. The van der Waals surface area contributed by atoms with Crippen LogP contribution in [0.5, 0.6) is 11.5 Å². The average molecular weight is 378 g/mol. The minimum absolute atomic E-state index is 0.179. The third-order valence-electron chi connectivity index (χ3n) is 4.95. The molecule has 1 aliphatic rings. The van der Waals surface area contributed by atoms with E-state index in [0.717, 1.165) is 39.1 Å². The largest absolute Gasteiger partial charge is 0.457 e. The van der Waals surface area contributed by atoms with Crippen molar-refractivity contribution in [2.45, 2.75) is 6.92 Å². The summed E-state index contributed by atoms with van der Waals surface area (Å²) in [5.41, 5.74) is 3.87. The van der Waals surface area contributed by atoms with Gasteiger partial charge in [0.1, 0.15) is 17.2 Å². The number of hydrogen-bond donors (Lipinski definition) is 1. The van der Waals surface area contributed by atoms with Crippen molar-refractivity contribution in [3.63, 3.8) is 0 Å². The lowest BCUT2D eigenvalue weighted by molar-refractivity contribution is -0.110. The van der Waals surface area contributed by atoms with Crippen molar-refractivity contribution in [2.75, 3.05) is 5.32 Å². The van der Waals surface area contributed by atoms with Crippen LogP contribution in [0.4, 0.5) is 11.4 Å². The second-order valence-corrected chi connectivity index (χ2v) is 7.04. The first-order chi connectivity index (χ1) is 14.2. The van der Waals surface area contributed by atoms with Gasteiger partial charge in [-0.25, -0.2) is 4.99 Å². The van der Waals surface area contributed by atoms with Crippen LogP contribution in [0.2, 0.25) is 0 Å². The highest BCUT2D eigenvalue weighted by Crippen LogP contribution is 2.31. The van der Waals surface area contributed by atoms with E-state index in [-0.39, 0.29) is 5.91 Å². The maximum Gasteiger partial charge on any atom is 0.275 e. The molecule has 0 aromatic heterocycles. The van der Waals surface area contributed by atoms with Gasteiger partial charge in [-0.3, -0.25) is 4.79 Å². The highest BCUT2D eigenvalue weighted by atomic mass is 16.5. The van der Waals surface area contributed by atoms with Crippen molar-refractivity contribution in [3.05, 3.63) is 96.1 Å². The molecule has 0 spiro atoms. The van der Waals surface area contributed by atoms with Crippen LogP contribution in [0.1, 0.15) is 11.1 Å². The molecular weight excluding hydrogens is 360 g/mol. The summed E-state index contributed by atoms with van der Waals surface area (Å²) in [7, 11) is 0. The summed E-state index contributed by atoms with van der Waals surface area (Å²) in [6.07, 6.45) is 0. The Labute approximate surface area is 168 Å². The molecule has 4 heteroatoms. The van der Waals surface area contributed by atoms with Crippen molar-refractivity contribution >= 4 is 33.8 Å². The number of anilines is 1. The number of hydrogen-bond acceptors (Lipinski definition) is 3. The van der Waals surface area contributed by atoms with E-state index in [1.165, 1.54) is 0 Å². The topological polar surface area (TPSA) is 50.7 Å². The summed E-state index contributed by atoms with van der Waals surface area (Å²) < 4.78 is 6.08. The second kappa shape index (κ2) is 6.91. The van der Waals surface area contributed by atoms with Crippen LogP contribution >= 0.6 is 0 Å². The van der Waals surface area contributed by atoms with Gasteiger partial charge in [-0.1, -0.05) is 48.0 Å². The van der Waals surface area contributed by atoms with Crippen LogP contribution in [0.3, 0.4) is 0 Å². The van der Waals surface area contributed by atoms with Gasteiger partial charge in [0.2, 0.25) is 0 Å². The van der Waals surface area contributed by atoms with Crippen molar-refractivity contribution in [1.29, 1.82) is 0 Å². The first-order valence-electron chi connectivity index (χ1n) is 9.44. The first-order valence-corrected chi connectivity index (χ1v) is 9.44. The molecular formula is C25H18N2O2. The molecule has 0 atom stereocenters. The fraction of sp³-hybridized carbons (Fsp3) is 0.0400. The molecule has 1 amide bonds. The van der Waals surface area contributed by atoms with E-state index >= 15 is 0 Å². The van der Waals surface area contributed by atoms with E-state index in [1.807, 2.05) is 79.7 Å². The summed E-state index contributed by atoms with van der Waals surface area (Å²) in [5.74, 6) is 1.35. The van der Waals surface area contributed by atoms with Crippen molar-refractivity contribution < 1.29 is 9.53 Å². The minimum atomic E-state index is -0.179. The zero-order valence-electron chi connectivity index (χ0n) is 15.8. The lowest BCUT2D eigenvalue weighted by atomic mass is 10.1. The molecule has 0 fully saturated rings. The van der Waals surface area contributed by atoms with Gasteiger partial charge in [0.25, 0.3) is 5.91 Å². The van der Waals surface area contributed by atoms with E-state index in [4.69, 9.17) is 4.74 Å². The van der Waals surface area contributed by atoms with Crippen LogP contribution in [0.15, 0.2) is 89.9 Å². The monoisotopic (exact) mass is 378 g/mol. The Morgan fingerprint density at radius 3 is 2.52 bits per heavy atom. The predicted octanol–water partition coefficient (Wildman–Crippen LogP) is 6.01. The summed E-state index contributed by atoms with van der Waals surface area (Å²) >= 11 is 0. The molecule has 29 heavy (non-hydrogen) atoms. The van der Waals surface area contributed by atoms with Crippen LogP contribution in [-0.4, -0.2) is 11.6 Å². The number of carbonyl (C=O) groups excluding carboxylic acids is 1. The minimum Gasteiger partial charge on any atom is -0.457 e. The zero-order valence-corrected chi connectivity index (χ0v) is 15.8. The number of amides is 1. The Bertz CT molecular complexity index is 1270. The van der Waals surface area contributed by atoms with Crippen molar-refractivity contribution in [1.82, 2.24) is 0 Å². The second-order valence-electron chi connectivity index (χ2n) is 7.04. The number of aryl methyl sites for hydroxylation is 1. The van der Waals surface area contributed by atoms with E-state index in [1.54, 1.807) is 0 Å². The Kier molecular flexibility index (Phi) is 4.10. The highest BCUT2D eigenvalue weighted by molar-refractivity contribution is 6.54. The van der Waals surface area contributed by atoms with E-state index in [9.17, 15) is 4.79 Å². The van der Waals surface area contributed by atoms with E-state index in [2.05, 4.69) is 22.4 Å². The number of nitrogens with zero attached hydrogens (tertiary/aromatic N) is 1. The highest BCUT2D eigenvalue weighted by Gasteiger charge is 2.25. The number of carbonyl (C=O) groups is 1. The molecule has 1 aliphatic heterocycles. The van der Waals surface area contributed by atoms with Gasteiger partial charge < -0.3 is 10.1 Å². The number of fused-ring (bicyclic) bond motifs is 2. The summed E-state index contributed by atoms with van der Waals surface area (Å²) in [5, 5.41) is 5.06. The van der Waals surface area contributed by atoms with Gasteiger partial charge in [-0.15, -0.1) is 0 Å². The Balaban J connectivity index is 1.43. The molecule has 0 saturated carbocycles. The Hall–Kier alpha value is -3.92. The average Bonchev–Trinajstić information content (AvgIpc) is 3.04. The van der Waals surface area contributed by atoms with E-state index in [0.29, 0.717) is 11.4 Å². The number of nitrogens with one attached hydrogen (secondary N) is 1. The van der Waals surface area contributed by atoms with Gasteiger partial charge in [0, 0.05) is 10.9 Å². The summed E-state index contributed by atoms with van der Waals surface area (Å²) in [4.78, 5) is 16.9. The number of aliphatic imine (C=N–C) groups is 1. The molecule has 4 aromatic carbocycles. The van der Waals surface area contributed by atoms with Gasteiger partial charge in [0.05, 0.1) is 11.4 Å². The summed E-state index contributed by atoms with van der Waals surface area (Å²) in [6.45, 7) is 2.00. The van der Waals surface area contributed by atoms with Gasteiger partial charge in [0.15, 0.2) is 0 Å². The zero-order chi connectivity index (χ0) is 19.8. The van der Waals surface area contributed by atoms with Crippen LogP contribution in [0.25, 0.3) is 10.8 Å². The van der Waals surface area contributed by atoms with E-state index < -0.39 is 0 Å². The summed E-state index contributed by atoms with van der Waals surface area (Å²) in [6, 6.07) is 27.4. The lowest BCUT2D eigenvalue weighted by Crippen LogP contribution is -2.13. The number of benzene rings is 4. The quantitative estimate of drug-likeness (QED) is 0.474. The van der Waals surface area contributed by atoms with Gasteiger partial charge >= 0.3 is 0 Å². The third kappa shape index (κ3) is 3.25. The third-order valence-corrected chi connectivity index (χ3v) is 4.95. The van der Waals surface area contributed by atoms with Crippen molar-refractivity contribution in [3.8, 4) is 11.5 Å². The first kappa shape index (κ1) is 17.2. The molecule has 1 heterocycles. The molecule has 140 valence electrons. The maximum atomic E-state index is 12.3. The Morgan fingerprint density at radius 2 is 1.66 bits per heavy atom. The van der Waals surface area contributed by atoms with Crippen LogP contribution < -0.4 is 10.1 Å². The number of ether oxygens (including phenoxy) is 1. The van der Waals surface area contributed by atoms with Gasteiger partial charge in [-0.2, -0.15) is 0 Å². The predicted molar refractivity (Wildman–Crippen MR) is 116 cm³/mol. The molecule has 4 aromatic rings. The standard InChI is InChI=1S/C25H18N2O2/c1-16-9-14-22-21(15-16)24(25(28)27-22)26-18-10-12-19(13-11-18)29-23-8-4-6-17-5-2-3-7-20(17)23/h2-15H,1H3,(H,26,27,28). The fourth-order valence-corrected chi connectivity index (χ4v) is 3.51. The SMILES string of the molecule is Cc1ccc2c(c1)C(=Nc1ccc(Oc3cccc4ccccc34)cc1)C(=O)N2. The van der Waals surface area contributed by atoms with Crippen LogP contribution in [0, 0.1) is 6.92 Å². The van der Waals surface area contributed by atoms with Gasteiger partial charge in [-0.05, 0) is 54.8 Å². The Morgan fingerprint density at radius 1 is 0.862 bits per heavy atom. The normalized spacial score (nSPS) is 14.1. The molecule has 0 radical (unpaired) electrons. The molecule has 0 saturated heterocycles. The molecule has 5 rings (SSSR count). The smallest absolute Gasteiger partial charge is 0.275 e. The number of rotatable bonds is 3. The fourth-order valence-electron chi connectivity index (χ4n) is 3.51. The van der Waals surface area contributed by atoms with Crippen LogP contribution in [-0.2, 0) is 4.79 Å². The van der Waals surface area contributed by atoms with Crippen molar-refractivity contribution in [2.24, 2.45) is 4.99 Å². The molecule has 4 nitrogen and oxygen atoms in total.